The fraction of sp³-hybridized carbons (Fsp3) is 0.500. The van der Waals surface area contributed by atoms with E-state index >= 15 is 0 Å². The predicted octanol–water partition coefficient (Wildman–Crippen LogP) is 2.78. The lowest BCUT2D eigenvalue weighted by atomic mass is 10.1. The van der Waals surface area contributed by atoms with E-state index in [9.17, 15) is 4.79 Å². The van der Waals surface area contributed by atoms with E-state index in [0.29, 0.717) is 28.4 Å². The van der Waals surface area contributed by atoms with Gasteiger partial charge in [0.2, 0.25) is 0 Å². The van der Waals surface area contributed by atoms with Crippen LogP contribution in [0.5, 0.6) is 0 Å². The molecule has 1 saturated carbocycles. The Morgan fingerprint density at radius 1 is 1.50 bits per heavy atom. The SMILES string of the molecule is C[C@@H](CO)NC(=O)NCC1CC1c1ccc(Cl)cc1Cl. The van der Waals surface area contributed by atoms with Crippen molar-refractivity contribution in [1.29, 1.82) is 0 Å². The van der Waals surface area contributed by atoms with Crippen molar-refractivity contribution in [3.63, 3.8) is 0 Å². The van der Waals surface area contributed by atoms with Crippen molar-refractivity contribution in [1.82, 2.24) is 10.6 Å². The molecule has 0 bridgehead atoms. The standard InChI is InChI=1S/C14H18Cl2N2O2/c1-8(7-19)18-14(20)17-6-9-4-12(9)11-3-2-10(15)5-13(11)16/h2-3,5,8-9,12,19H,4,6-7H2,1H3,(H2,17,18,20)/t8-,9?,12?/m0/s1. The third-order valence-electron chi connectivity index (χ3n) is 3.46. The van der Waals surface area contributed by atoms with Crippen LogP contribution in [0.4, 0.5) is 4.79 Å². The maximum absolute atomic E-state index is 11.5. The zero-order chi connectivity index (χ0) is 14.7. The van der Waals surface area contributed by atoms with Crippen molar-refractivity contribution in [2.45, 2.75) is 25.3 Å². The minimum Gasteiger partial charge on any atom is -0.394 e. The second kappa shape index (κ2) is 6.66. The number of carbonyl (C=O) groups excluding carboxylic acids is 1. The highest BCUT2D eigenvalue weighted by atomic mass is 35.5. The van der Waals surface area contributed by atoms with Crippen LogP contribution in [0.1, 0.15) is 24.8 Å². The lowest BCUT2D eigenvalue weighted by molar-refractivity contribution is 0.220. The fourth-order valence-electron chi connectivity index (χ4n) is 2.20. The van der Waals surface area contributed by atoms with Gasteiger partial charge in [-0.25, -0.2) is 4.79 Å². The molecule has 1 aliphatic rings. The van der Waals surface area contributed by atoms with E-state index in [0.717, 1.165) is 12.0 Å². The highest BCUT2D eigenvalue weighted by molar-refractivity contribution is 6.35. The zero-order valence-electron chi connectivity index (χ0n) is 11.2. The number of nitrogens with one attached hydrogen (secondary N) is 2. The van der Waals surface area contributed by atoms with Crippen LogP contribution in [0.15, 0.2) is 18.2 Å². The van der Waals surface area contributed by atoms with Crippen LogP contribution in [-0.4, -0.2) is 30.3 Å². The van der Waals surface area contributed by atoms with Gasteiger partial charge in [-0.3, -0.25) is 0 Å². The molecule has 4 nitrogen and oxygen atoms in total. The van der Waals surface area contributed by atoms with Crippen LogP contribution in [-0.2, 0) is 0 Å². The number of rotatable bonds is 5. The molecule has 1 aromatic carbocycles. The van der Waals surface area contributed by atoms with Crippen LogP contribution >= 0.6 is 23.2 Å². The quantitative estimate of drug-likeness (QED) is 0.782. The maximum atomic E-state index is 11.5. The Hall–Kier alpha value is -0.970. The molecular weight excluding hydrogens is 299 g/mol. The molecule has 3 atom stereocenters. The largest absolute Gasteiger partial charge is 0.394 e. The Balaban J connectivity index is 1.79. The Morgan fingerprint density at radius 3 is 2.90 bits per heavy atom. The summed E-state index contributed by atoms with van der Waals surface area (Å²) in [5.41, 5.74) is 1.09. The van der Waals surface area contributed by atoms with Gasteiger partial charge in [0, 0.05) is 16.6 Å². The molecular formula is C14H18Cl2N2O2. The molecule has 0 spiro atoms. The average Bonchev–Trinajstić information content (AvgIpc) is 3.15. The van der Waals surface area contributed by atoms with Gasteiger partial charge < -0.3 is 15.7 Å². The number of aliphatic hydroxyl groups is 1. The average molecular weight is 317 g/mol. The van der Waals surface area contributed by atoms with Crippen molar-refractivity contribution in [2.24, 2.45) is 5.92 Å². The molecule has 1 fully saturated rings. The van der Waals surface area contributed by atoms with Gasteiger partial charge in [-0.2, -0.15) is 0 Å². The Kier molecular flexibility index (Phi) is 5.13. The summed E-state index contributed by atoms with van der Waals surface area (Å²) in [7, 11) is 0. The van der Waals surface area contributed by atoms with Gasteiger partial charge in [0.1, 0.15) is 0 Å². The summed E-state index contributed by atoms with van der Waals surface area (Å²) < 4.78 is 0. The van der Waals surface area contributed by atoms with Gasteiger partial charge in [-0.15, -0.1) is 0 Å². The third kappa shape index (κ3) is 4.01. The van der Waals surface area contributed by atoms with Crippen molar-refractivity contribution in [3.05, 3.63) is 33.8 Å². The summed E-state index contributed by atoms with van der Waals surface area (Å²) in [5.74, 6) is 0.791. The molecule has 2 amide bonds. The monoisotopic (exact) mass is 316 g/mol. The Labute approximate surface area is 128 Å². The molecule has 6 heteroatoms. The lowest BCUT2D eigenvalue weighted by Crippen LogP contribution is -2.43. The summed E-state index contributed by atoms with van der Waals surface area (Å²) in [6.45, 7) is 2.28. The molecule has 2 unspecified atom stereocenters. The molecule has 0 heterocycles. The normalized spacial score (nSPS) is 22.2. The number of halogens is 2. The number of aliphatic hydroxyl groups excluding tert-OH is 1. The third-order valence-corrected chi connectivity index (χ3v) is 4.02. The molecule has 3 N–H and O–H groups in total. The minimum absolute atomic E-state index is 0.0696. The van der Waals surface area contributed by atoms with E-state index in [1.54, 1.807) is 13.0 Å². The summed E-state index contributed by atoms with van der Waals surface area (Å²) in [6.07, 6.45) is 1.01. The number of carbonyl (C=O) groups is 1. The summed E-state index contributed by atoms with van der Waals surface area (Å²) >= 11 is 12.0. The first-order chi connectivity index (χ1) is 9.51. The van der Waals surface area contributed by atoms with Gasteiger partial charge in [0.05, 0.1) is 12.6 Å². The highest BCUT2D eigenvalue weighted by Gasteiger charge is 2.39. The molecule has 0 aliphatic heterocycles. The topological polar surface area (TPSA) is 61.4 Å². The second-order valence-corrected chi connectivity index (χ2v) is 6.05. The van der Waals surface area contributed by atoms with Crippen molar-refractivity contribution in [2.75, 3.05) is 13.2 Å². The van der Waals surface area contributed by atoms with Crippen LogP contribution in [0.3, 0.4) is 0 Å². The Bertz CT molecular complexity index is 496. The van der Waals surface area contributed by atoms with E-state index in [-0.39, 0.29) is 18.7 Å². The molecule has 20 heavy (non-hydrogen) atoms. The van der Waals surface area contributed by atoms with Gasteiger partial charge in [0.25, 0.3) is 0 Å². The van der Waals surface area contributed by atoms with Crippen LogP contribution in [0, 0.1) is 5.92 Å². The smallest absolute Gasteiger partial charge is 0.315 e. The number of benzene rings is 1. The second-order valence-electron chi connectivity index (χ2n) is 5.21. The first-order valence-corrected chi connectivity index (χ1v) is 7.37. The number of hydrogen-bond acceptors (Lipinski definition) is 2. The molecule has 110 valence electrons. The van der Waals surface area contributed by atoms with Gasteiger partial charge >= 0.3 is 6.03 Å². The van der Waals surface area contributed by atoms with Crippen LogP contribution in [0.25, 0.3) is 0 Å². The summed E-state index contributed by atoms with van der Waals surface area (Å²) in [5, 5.41) is 15.6. The molecule has 2 rings (SSSR count). The maximum Gasteiger partial charge on any atom is 0.315 e. The molecule has 0 radical (unpaired) electrons. The number of hydrogen-bond donors (Lipinski definition) is 3. The number of urea groups is 1. The minimum atomic E-state index is -0.251. The van der Waals surface area contributed by atoms with Crippen molar-refractivity contribution >= 4 is 29.2 Å². The molecule has 0 aromatic heterocycles. The van der Waals surface area contributed by atoms with E-state index < -0.39 is 0 Å². The summed E-state index contributed by atoms with van der Waals surface area (Å²) in [6, 6.07) is 5.04. The fourth-order valence-corrected chi connectivity index (χ4v) is 2.75. The first kappa shape index (κ1) is 15.4. The van der Waals surface area contributed by atoms with E-state index in [1.807, 2.05) is 12.1 Å². The first-order valence-electron chi connectivity index (χ1n) is 6.61. The zero-order valence-corrected chi connectivity index (χ0v) is 12.7. The van der Waals surface area contributed by atoms with Gasteiger partial charge in [0.15, 0.2) is 0 Å². The van der Waals surface area contributed by atoms with Gasteiger partial charge in [-0.05, 0) is 42.9 Å². The molecule has 1 aromatic rings. The Morgan fingerprint density at radius 2 is 2.25 bits per heavy atom. The predicted molar refractivity (Wildman–Crippen MR) is 80.4 cm³/mol. The van der Waals surface area contributed by atoms with E-state index in [4.69, 9.17) is 28.3 Å². The van der Waals surface area contributed by atoms with Crippen LogP contribution in [0.2, 0.25) is 10.0 Å². The highest BCUT2D eigenvalue weighted by Crippen LogP contribution is 2.49. The summed E-state index contributed by atoms with van der Waals surface area (Å²) in [4.78, 5) is 11.5. The van der Waals surface area contributed by atoms with Crippen molar-refractivity contribution < 1.29 is 9.90 Å². The van der Waals surface area contributed by atoms with E-state index in [1.165, 1.54) is 0 Å². The lowest BCUT2D eigenvalue weighted by Gasteiger charge is -2.12. The molecule has 1 aliphatic carbocycles. The molecule has 0 saturated heterocycles. The number of amides is 2. The van der Waals surface area contributed by atoms with Crippen LogP contribution < -0.4 is 10.6 Å². The van der Waals surface area contributed by atoms with Crippen molar-refractivity contribution in [3.8, 4) is 0 Å². The van der Waals surface area contributed by atoms with E-state index in [2.05, 4.69) is 10.6 Å². The van der Waals surface area contributed by atoms with Gasteiger partial charge in [-0.1, -0.05) is 29.3 Å².